The molecule has 0 unspecified atom stereocenters. The minimum atomic E-state index is 0.0827. The molecule has 1 fully saturated rings. The molecule has 0 N–H and O–H groups in total. The lowest BCUT2D eigenvalue weighted by atomic mass is 9.78. The lowest BCUT2D eigenvalue weighted by Crippen LogP contribution is -2.35. The van der Waals surface area contributed by atoms with E-state index in [-0.39, 0.29) is 11.6 Å². The SMILES string of the molecule is C[C@@H]1[C@@H](C)CCC[C@@H]1n1c(SCCCC#N)nc2ccccc2c1=O. The van der Waals surface area contributed by atoms with Gasteiger partial charge in [0.1, 0.15) is 0 Å². The third-order valence-electron chi connectivity index (χ3n) is 5.44. The van der Waals surface area contributed by atoms with E-state index >= 15 is 0 Å². The van der Waals surface area contributed by atoms with Gasteiger partial charge in [-0.1, -0.05) is 50.6 Å². The van der Waals surface area contributed by atoms with E-state index in [4.69, 9.17) is 10.2 Å². The van der Waals surface area contributed by atoms with E-state index in [1.807, 2.05) is 28.8 Å². The predicted molar refractivity (Wildman–Crippen MR) is 103 cm³/mol. The number of rotatable bonds is 5. The fourth-order valence-electron chi connectivity index (χ4n) is 3.75. The van der Waals surface area contributed by atoms with Gasteiger partial charge in [0.05, 0.1) is 17.0 Å². The van der Waals surface area contributed by atoms with Crippen molar-refractivity contribution in [3.05, 3.63) is 34.6 Å². The summed E-state index contributed by atoms with van der Waals surface area (Å²) < 4.78 is 1.96. The third-order valence-corrected chi connectivity index (χ3v) is 6.47. The standard InChI is InChI=1S/C20H25N3OS/c1-14-8-7-11-18(15(14)2)23-19(24)16-9-3-4-10-17(16)22-20(23)25-13-6-5-12-21/h3-4,9-10,14-15,18H,5-8,11,13H2,1-2H3/t14-,15+,18-/m0/s1. The van der Waals surface area contributed by atoms with Crippen molar-refractivity contribution < 1.29 is 0 Å². The van der Waals surface area contributed by atoms with Gasteiger partial charge < -0.3 is 0 Å². The molecule has 3 rings (SSSR count). The van der Waals surface area contributed by atoms with E-state index in [0.29, 0.717) is 23.6 Å². The van der Waals surface area contributed by atoms with Crippen LogP contribution in [0.5, 0.6) is 0 Å². The molecule has 1 heterocycles. The molecule has 1 aromatic heterocycles. The van der Waals surface area contributed by atoms with Gasteiger partial charge in [-0.05, 0) is 36.8 Å². The summed E-state index contributed by atoms with van der Waals surface area (Å²) in [7, 11) is 0. The number of nitriles is 1. The molecule has 2 aromatic rings. The predicted octanol–water partition coefficient (Wildman–Crippen LogP) is 4.79. The molecule has 0 bridgehead atoms. The number of aromatic nitrogens is 2. The van der Waals surface area contributed by atoms with Crippen LogP contribution in [0.4, 0.5) is 0 Å². The lowest BCUT2D eigenvalue weighted by Gasteiger charge is -2.36. The molecule has 132 valence electrons. The van der Waals surface area contributed by atoms with Crippen LogP contribution in [0.2, 0.25) is 0 Å². The van der Waals surface area contributed by atoms with Gasteiger partial charge in [-0.25, -0.2) is 4.98 Å². The van der Waals surface area contributed by atoms with Crippen LogP contribution in [0.1, 0.15) is 52.0 Å². The highest BCUT2D eigenvalue weighted by Gasteiger charge is 2.31. The first-order valence-electron chi connectivity index (χ1n) is 9.14. The van der Waals surface area contributed by atoms with Gasteiger partial charge in [0.25, 0.3) is 5.56 Å². The Morgan fingerprint density at radius 2 is 2.12 bits per heavy atom. The van der Waals surface area contributed by atoms with E-state index in [1.54, 1.807) is 11.8 Å². The summed E-state index contributed by atoms with van der Waals surface area (Å²) in [4.78, 5) is 18.1. The maximum atomic E-state index is 13.2. The van der Waals surface area contributed by atoms with Crippen molar-refractivity contribution in [3.63, 3.8) is 0 Å². The Hall–Kier alpha value is -1.80. The second kappa shape index (κ2) is 8.05. The van der Waals surface area contributed by atoms with Crippen LogP contribution >= 0.6 is 11.8 Å². The van der Waals surface area contributed by atoms with Gasteiger partial charge in [-0.3, -0.25) is 9.36 Å². The minimum absolute atomic E-state index is 0.0827. The first-order chi connectivity index (χ1) is 12.1. The van der Waals surface area contributed by atoms with Crippen LogP contribution in [-0.2, 0) is 0 Å². The van der Waals surface area contributed by atoms with Gasteiger partial charge >= 0.3 is 0 Å². The van der Waals surface area contributed by atoms with Gasteiger partial charge in [-0.2, -0.15) is 5.26 Å². The molecule has 5 heteroatoms. The molecule has 4 nitrogen and oxygen atoms in total. The van der Waals surface area contributed by atoms with E-state index in [9.17, 15) is 4.79 Å². The molecule has 0 aliphatic heterocycles. The highest BCUT2D eigenvalue weighted by Crippen LogP contribution is 2.38. The summed E-state index contributed by atoms with van der Waals surface area (Å²) in [6.45, 7) is 4.55. The largest absolute Gasteiger partial charge is 0.284 e. The molecule has 1 aliphatic rings. The zero-order chi connectivity index (χ0) is 17.8. The molecule has 0 spiro atoms. The van der Waals surface area contributed by atoms with Crippen LogP contribution in [0, 0.1) is 23.2 Å². The number of nitrogens with zero attached hydrogens (tertiary/aromatic N) is 3. The number of benzene rings is 1. The maximum Gasteiger partial charge on any atom is 0.262 e. The quantitative estimate of drug-likeness (QED) is 0.439. The van der Waals surface area contributed by atoms with Crippen molar-refractivity contribution in [1.29, 1.82) is 5.26 Å². The van der Waals surface area contributed by atoms with Crippen molar-refractivity contribution in [2.24, 2.45) is 11.8 Å². The number of thioether (sulfide) groups is 1. The van der Waals surface area contributed by atoms with Crippen molar-refractivity contribution in [2.45, 2.75) is 57.1 Å². The Morgan fingerprint density at radius 1 is 1.32 bits per heavy atom. The molecule has 0 saturated heterocycles. The third kappa shape index (κ3) is 3.74. The van der Waals surface area contributed by atoms with Crippen LogP contribution < -0.4 is 5.56 Å². The molecule has 1 aromatic carbocycles. The summed E-state index contributed by atoms with van der Waals surface area (Å²) in [6, 6.07) is 10.0. The number of hydrogen-bond donors (Lipinski definition) is 0. The number of para-hydroxylation sites is 1. The highest BCUT2D eigenvalue weighted by atomic mass is 32.2. The second-order valence-electron chi connectivity index (χ2n) is 7.03. The fourth-order valence-corrected chi connectivity index (χ4v) is 4.74. The smallest absolute Gasteiger partial charge is 0.262 e. The molecule has 0 radical (unpaired) electrons. The van der Waals surface area contributed by atoms with Gasteiger partial charge in [0.15, 0.2) is 5.16 Å². The molecule has 1 saturated carbocycles. The minimum Gasteiger partial charge on any atom is -0.284 e. The van der Waals surface area contributed by atoms with E-state index in [1.165, 1.54) is 6.42 Å². The van der Waals surface area contributed by atoms with Crippen LogP contribution in [0.25, 0.3) is 10.9 Å². The summed E-state index contributed by atoms with van der Waals surface area (Å²) >= 11 is 1.61. The molecule has 0 amide bonds. The number of fused-ring (bicyclic) bond motifs is 1. The summed E-state index contributed by atoms with van der Waals surface area (Å²) in [5.74, 6) is 1.90. The zero-order valence-electron chi connectivity index (χ0n) is 14.9. The van der Waals surface area contributed by atoms with E-state index < -0.39 is 0 Å². The van der Waals surface area contributed by atoms with E-state index in [2.05, 4.69) is 19.9 Å². The first-order valence-corrected chi connectivity index (χ1v) is 10.1. The van der Waals surface area contributed by atoms with Gasteiger partial charge in [0, 0.05) is 18.2 Å². The van der Waals surface area contributed by atoms with Crippen LogP contribution in [0.15, 0.2) is 34.2 Å². The summed E-state index contributed by atoms with van der Waals surface area (Å²) in [5.41, 5.74) is 0.849. The molecule has 1 aliphatic carbocycles. The first kappa shape index (κ1) is 18.0. The molecule has 25 heavy (non-hydrogen) atoms. The monoisotopic (exact) mass is 355 g/mol. The Labute approximate surface area is 153 Å². The van der Waals surface area contributed by atoms with E-state index in [0.717, 1.165) is 35.7 Å². The Bertz CT molecular complexity index is 839. The Morgan fingerprint density at radius 3 is 2.92 bits per heavy atom. The Balaban J connectivity index is 2.05. The fraction of sp³-hybridized carbons (Fsp3) is 0.550. The second-order valence-corrected chi connectivity index (χ2v) is 8.09. The highest BCUT2D eigenvalue weighted by molar-refractivity contribution is 7.99. The normalized spacial score (nSPS) is 23.5. The van der Waals surface area contributed by atoms with Crippen molar-refractivity contribution in [3.8, 4) is 6.07 Å². The molecule has 3 atom stereocenters. The number of unbranched alkanes of at least 4 members (excludes halogenated alkanes) is 1. The van der Waals surface area contributed by atoms with Gasteiger partial charge in [-0.15, -0.1) is 0 Å². The Kier molecular flexibility index (Phi) is 5.80. The topological polar surface area (TPSA) is 58.7 Å². The van der Waals surface area contributed by atoms with Crippen molar-refractivity contribution in [2.75, 3.05) is 5.75 Å². The summed E-state index contributed by atoms with van der Waals surface area (Å²) in [5, 5.41) is 10.3. The molecular weight excluding hydrogens is 330 g/mol. The van der Waals surface area contributed by atoms with Crippen molar-refractivity contribution >= 4 is 22.7 Å². The average molecular weight is 356 g/mol. The van der Waals surface area contributed by atoms with Crippen LogP contribution in [0.3, 0.4) is 0 Å². The molecular formula is C20H25N3OS. The van der Waals surface area contributed by atoms with Crippen molar-refractivity contribution in [1.82, 2.24) is 9.55 Å². The summed E-state index contributed by atoms with van der Waals surface area (Å²) in [6.07, 6.45) is 4.80. The van der Waals surface area contributed by atoms with Gasteiger partial charge in [0.2, 0.25) is 0 Å². The maximum absolute atomic E-state index is 13.2. The zero-order valence-corrected chi connectivity index (χ0v) is 15.8. The van der Waals surface area contributed by atoms with Crippen LogP contribution in [-0.4, -0.2) is 15.3 Å². The average Bonchev–Trinajstić information content (AvgIpc) is 2.62. The number of hydrogen-bond acceptors (Lipinski definition) is 4. The lowest BCUT2D eigenvalue weighted by molar-refractivity contribution is 0.173.